The van der Waals surface area contributed by atoms with E-state index in [1.807, 2.05) is 6.92 Å². The summed E-state index contributed by atoms with van der Waals surface area (Å²) in [5, 5.41) is 15.0. The maximum Gasteiger partial charge on any atom is 0.416 e. The maximum atomic E-state index is 12.5. The van der Waals surface area contributed by atoms with Gasteiger partial charge < -0.3 is 4.74 Å². The molecule has 0 fully saturated rings. The Kier molecular flexibility index (Phi) is 6.16. The van der Waals surface area contributed by atoms with Gasteiger partial charge in [-0.3, -0.25) is 15.5 Å². The molecule has 9 heteroatoms. The molecule has 0 spiro atoms. The van der Waals surface area contributed by atoms with Crippen LogP contribution in [-0.2, 0) is 6.18 Å². The highest BCUT2D eigenvalue weighted by Gasteiger charge is 2.29. The summed E-state index contributed by atoms with van der Waals surface area (Å²) in [5.74, 6) is 0.171. The van der Waals surface area contributed by atoms with Gasteiger partial charge in [0.25, 0.3) is 0 Å². The van der Waals surface area contributed by atoms with Gasteiger partial charge >= 0.3 is 11.9 Å². The van der Waals surface area contributed by atoms with Crippen LogP contribution in [0.5, 0.6) is 5.75 Å². The van der Waals surface area contributed by atoms with Crippen molar-refractivity contribution in [3.8, 4) is 5.75 Å². The summed E-state index contributed by atoms with van der Waals surface area (Å²) in [5.41, 5.74) is 2.43. The van der Waals surface area contributed by atoms with Gasteiger partial charge in [0.15, 0.2) is 5.75 Å². The van der Waals surface area contributed by atoms with E-state index in [9.17, 15) is 23.3 Å². The van der Waals surface area contributed by atoms with Crippen molar-refractivity contribution in [2.45, 2.75) is 19.5 Å². The number of halogens is 3. The van der Waals surface area contributed by atoms with E-state index in [0.29, 0.717) is 17.9 Å². The van der Waals surface area contributed by atoms with Crippen LogP contribution in [0.15, 0.2) is 47.6 Å². The van der Waals surface area contributed by atoms with Crippen molar-refractivity contribution in [1.82, 2.24) is 0 Å². The number of ether oxygens (including phenoxy) is 1. The van der Waals surface area contributed by atoms with Crippen LogP contribution in [0.4, 0.5) is 24.5 Å². The molecule has 0 unspecified atom stereocenters. The molecule has 0 saturated carbocycles. The number of nitrogens with zero attached hydrogens (tertiary/aromatic N) is 2. The number of benzene rings is 2. The molecular weight excluding hydrogens is 351 g/mol. The quantitative estimate of drug-likeness (QED) is 0.431. The molecule has 2 aromatic carbocycles. The third-order valence-corrected chi connectivity index (χ3v) is 3.26. The van der Waals surface area contributed by atoms with Crippen LogP contribution in [0.1, 0.15) is 24.5 Å². The van der Waals surface area contributed by atoms with Gasteiger partial charge in [-0.2, -0.15) is 18.3 Å². The van der Waals surface area contributed by atoms with Crippen molar-refractivity contribution in [1.29, 1.82) is 0 Å². The topological polar surface area (TPSA) is 76.8 Å². The van der Waals surface area contributed by atoms with Crippen molar-refractivity contribution < 1.29 is 22.8 Å². The molecule has 0 saturated heterocycles. The van der Waals surface area contributed by atoms with Gasteiger partial charge in [0.2, 0.25) is 0 Å². The largest absolute Gasteiger partial charge is 0.487 e. The third kappa shape index (κ3) is 5.20. The molecule has 6 nitrogen and oxygen atoms in total. The highest BCUT2D eigenvalue weighted by Crippen LogP contribution is 2.30. The number of hydrogen-bond acceptors (Lipinski definition) is 5. The van der Waals surface area contributed by atoms with E-state index < -0.39 is 16.7 Å². The molecule has 0 bridgehead atoms. The standard InChI is InChI=1S/C17H16F3N3O3/c1-2-9-26-16-8-3-12(10-15(16)23(24)25)11-21-22-14-6-4-13(5-7-14)17(18,19)20/h3-8,10-11,22H,2,9H2,1H3. The summed E-state index contributed by atoms with van der Waals surface area (Å²) in [4.78, 5) is 10.6. The van der Waals surface area contributed by atoms with Gasteiger partial charge in [-0.25, -0.2) is 0 Å². The van der Waals surface area contributed by atoms with E-state index in [-0.39, 0.29) is 11.4 Å². The maximum absolute atomic E-state index is 12.5. The van der Waals surface area contributed by atoms with Crippen molar-refractivity contribution in [2.75, 3.05) is 12.0 Å². The first-order chi connectivity index (χ1) is 12.3. The van der Waals surface area contributed by atoms with Crippen LogP contribution in [0.25, 0.3) is 0 Å². The second-order valence-electron chi connectivity index (χ2n) is 5.28. The summed E-state index contributed by atoms with van der Waals surface area (Å²) in [7, 11) is 0. The first kappa shape index (κ1) is 19.2. The molecular formula is C17H16F3N3O3. The minimum Gasteiger partial charge on any atom is -0.487 e. The fraction of sp³-hybridized carbons (Fsp3) is 0.235. The van der Waals surface area contributed by atoms with Crippen molar-refractivity contribution in [3.63, 3.8) is 0 Å². The predicted molar refractivity (Wildman–Crippen MR) is 91.5 cm³/mol. The zero-order valence-corrected chi connectivity index (χ0v) is 13.8. The minimum absolute atomic E-state index is 0.171. The molecule has 1 N–H and O–H groups in total. The molecule has 0 atom stereocenters. The second kappa shape index (κ2) is 8.32. The Hall–Kier alpha value is -3.10. The smallest absolute Gasteiger partial charge is 0.416 e. The molecule has 26 heavy (non-hydrogen) atoms. The highest BCUT2D eigenvalue weighted by atomic mass is 19.4. The SMILES string of the molecule is CCCOc1ccc(C=NNc2ccc(C(F)(F)F)cc2)cc1[N+](=O)[O-]. The molecule has 138 valence electrons. The summed E-state index contributed by atoms with van der Waals surface area (Å²) in [6, 6.07) is 8.73. The number of nitro benzene ring substituents is 1. The van der Waals surface area contributed by atoms with E-state index >= 15 is 0 Å². The number of nitrogens with one attached hydrogen (secondary N) is 1. The van der Waals surface area contributed by atoms with Crippen LogP contribution >= 0.6 is 0 Å². The van der Waals surface area contributed by atoms with Gasteiger partial charge in [0.1, 0.15) is 0 Å². The molecule has 0 aliphatic rings. The van der Waals surface area contributed by atoms with Crippen LogP contribution in [0, 0.1) is 10.1 Å². The summed E-state index contributed by atoms with van der Waals surface area (Å²) in [6.07, 6.45) is -2.35. The monoisotopic (exact) mass is 367 g/mol. The fourth-order valence-electron chi connectivity index (χ4n) is 2.01. The predicted octanol–water partition coefficient (Wildman–Crippen LogP) is 4.85. The van der Waals surface area contributed by atoms with Crippen molar-refractivity contribution in [2.24, 2.45) is 5.10 Å². The van der Waals surface area contributed by atoms with E-state index in [0.717, 1.165) is 18.6 Å². The van der Waals surface area contributed by atoms with Crippen LogP contribution in [-0.4, -0.2) is 17.7 Å². The number of anilines is 1. The lowest BCUT2D eigenvalue weighted by Gasteiger charge is -2.07. The summed E-state index contributed by atoms with van der Waals surface area (Å²) >= 11 is 0. The zero-order chi connectivity index (χ0) is 19.2. The molecule has 0 heterocycles. The summed E-state index contributed by atoms with van der Waals surface area (Å²) < 4.78 is 42.8. The lowest BCUT2D eigenvalue weighted by Crippen LogP contribution is -2.04. The minimum atomic E-state index is -4.40. The molecule has 0 aliphatic carbocycles. The van der Waals surface area contributed by atoms with Crippen molar-refractivity contribution >= 4 is 17.6 Å². The third-order valence-electron chi connectivity index (χ3n) is 3.26. The summed E-state index contributed by atoms with van der Waals surface area (Å²) in [6.45, 7) is 2.25. The van der Waals surface area contributed by atoms with Gasteiger partial charge in [-0.1, -0.05) is 6.92 Å². The average Bonchev–Trinajstić information content (AvgIpc) is 2.60. The number of nitro groups is 1. The highest BCUT2D eigenvalue weighted by molar-refractivity contribution is 5.82. The van der Waals surface area contributed by atoms with Crippen LogP contribution in [0.2, 0.25) is 0 Å². The second-order valence-corrected chi connectivity index (χ2v) is 5.28. The lowest BCUT2D eigenvalue weighted by molar-refractivity contribution is -0.385. The Labute approximate surface area is 147 Å². The number of rotatable bonds is 7. The molecule has 0 aromatic heterocycles. The van der Waals surface area contributed by atoms with Crippen LogP contribution in [0.3, 0.4) is 0 Å². The van der Waals surface area contributed by atoms with E-state index in [1.54, 1.807) is 6.07 Å². The molecule has 2 aromatic rings. The Morgan fingerprint density at radius 2 is 1.92 bits per heavy atom. The first-order valence-corrected chi connectivity index (χ1v) is 7.69. The zero-order valence-electron chi connectivity index (χ0n) is 13.8. The Balaban J connectivity index is 2.08. The van der Waals surface area contributed by atoms with Gasteiger partial charge in [0, 0.05) is 11.6 Å². The normalized spacial score (nSPS) is 11.5. The average molecular weight is 367 g/mol. The lowest BCUT2D eigenvalue weighted by atomic mass is 10.2. The number of alkyl halides is 3. The molecule has 0 radical (unpaired) electrons. The Morgan fingerprint density at radius 1 is 1.23 bits per heavy atom. The van der Waals surface area contributed by atoms with E-state index in [4.69, 9.17) is 4.74 Å². The van der Waals surface area contributed by atoms with E-state index in [2.05, 4.69) is 10.5 Å². The van der Waals surface area contributed by atoms with Gasteiger partial charge in [0.05, 0.1) is 29.0 Å². The first-order valence-electron chi connectivity index (χ1n) is 7.69. The molecule has 0 aliphatic heterocycles. The molecule has 2 rings (SSSR count). The van der Waals surface area contributed by atoms with E-state index in [1.165, 1.54) is 30.5 Å². The fourth-order valence-corrected chi connectivity index (χ4v) is 2.01. The Morgan fingerprint density at radius 3 is 2.50 bits per heavy atom. The van der Waals surface area contributed by atoms with Crippen molar-refractivity contribution in [3.05, 3.63) is 63.7 Å². The number of hydrazone groups is 1. The Bertz CT molecular complexity index is 790. The van der Waals surface area contributed by atoms with Gasteiger partial charge in [-0.05, 0) is 42.8 Å². The number of hydrogen-bond donors (Lipinski definition) is 1. The van der Waals surface area contributed by atoms with Gasteiger partial charge in [-0.15, -0.1) is 0 Å². The molecule has 0 amide bonds. The van der Waals surface area contributed by atoms with Crippen LogP contribution < -0.4 is 10.2 Å².